The molecule has 4 heteroatoms. The molecule has 18 heavy (non-hydrogen) atoms. The summed E-state index contributed by atoms with van der Waals surface area (Å²) in [5, 5.41) is 4.31. The largest absolute Gasteiger partial charge is 0.357 e. The average Bonchev–Trinajstić information content (AvgIpc) is 2.82. The van der Waals surface area contributed by atoms with Crippen LogP contribution in [-0.4, -0.2) is 9.97 Å². The van der Waals surface area contributed by atoms with E-state index in [9.17, 15) is 0 Å². The Bertz CT molecular complexity index is 661. The Balaban J connectivity index is 1.81. The molecule has 0 amide bonds. The lowest BCUT2D eigenvalue weighted by atomic mass is 10.2. The summed E-state index contributed by atoms with van der Waals surface area (Å²) in [6.45, 7) is 2.85. The van der Waals surface area contributed by atoms with Gasteiger partial charge in [-0.3, -0.25) is 4.98 Å². The summed E-state index contributed by atoms with van der Waals surface area (Å²) in [6.07, 6.45) is 3.65. The predicted molar refractivity (Wildman–Crippen MR) is 75.9 cm³/mol. The number of benzene rings is 1. The number of aromatic nitrogens is 2. The Morgan fingerprint density at radius 2 is 2.17 bits per heavy atom. The molecule has 0 radical (unpaired) electrons. The highest BCUT2D eigenvalue weighted by molar-refractivity contribution is 7.22. The Hall–Kier alpha value is -1.94. The van der Waals surface area contributed by atoms with Crippen LogP contribution in [0.5, 0.6) is 0 Å². The summed E-state index contributed by atoms with van der Waals surface area (Å²) in [5.41, 5.74) is 3.47. The van der Waals surface area contributed by atoms with Crippen LogP contribution in [0.4, 0.5) is 5.13 Å². The highest BCUT2D eigenvalue weighted by Crippen LogP contribution is 2.27. The minimum absolute atomic E-state index is 0.757. The Labute approximate surface area is 110 Å². The lowest BCUT2D eigenvalue weighted by molar-refractivity contribution is 1.11. The van der Waals surface area contributed by atoms with Gasteiger partial charge in [0.25, 0.3) is 0 Å². The van der Waals surface area contributed by atoms with Crippen molar-refractivity contribution in [2.24, 2.45) is 0 Å². The van der Waals surface area contributed by atoms with Gasteiger partial charge in [0.05, 0.1) is 10.2 Å². The molecule has 0 atom stereocenters. The van der Waals surface area contributed by atoms with Gasteiger partial charge < -0.3 is 5.32 Å². The highest BCUT2D eigenvalue weighted by Gasteiger charge is 2.05. The molecule has 0 aliphatic carbocycles. The van der Waals surface area contributed by atoms with Crippen LogP contribution < -0.4 is 5.32 Å². The van der Waals surface area contributed by atoms with E-state index >= 15 is 0 Å². The van der Waals surface area contributed by atoms with Crippen molar-refractivity contribution in [1.29, 1.82) is 0 Å². The number of thiazole rings is 1. The zero-order valence-electron chi connectivity index (χ0n) is 10.1. The molecule has 0 bridgehead atoms. The number of rotatable bonds is 3. The Morgan fingerprint density at radius 1 is 1.22 bits per heavy atom. The average molecular weight is 255 g/mol. The van der Waals surface area contributed by atoms with E-state index in [2.05, 4.69) is 46.5 Å². The van der Waals surface area contributed by atoms with E-state index in [4.69, 9.17) is 0 Å². The number of pyridine rings is 1. The lowest BCUT2D eigenvalue weighted by Crippen LogP contribution is -1.98. The van der Waals surface area contributed by atoms with E-state index in [1.807, 2.05) is 12.3 Å². The molecule has 2 heterocycles. The molecule has 0 fully saturated rings. The number of para-hydroxylation sites is 1. The van der Waals surface area contributed by atoms with E-state index in [-0.39, 0.29) is 0 Å². The maximum Gasteiger partial charge on any atom is 0.184 e. The van der Waals surface area contributed by atoms with E-state index < -0.39 is 0 Å². The zero-order chi connectivity index (χ0) is 12.4. The Morgan fingerprint density at radius 3 is 2.94 bits per heavy atom. The van der Waals surface area contributed by atoms with Gasteiger partial charge in [-0.2, -0.15) is 0 Å². The summed E-state index contributed by atoms with van der Waals surface area (Å²) in [5.74, 6) is 0. The van der Waals surface area contributed by atoms with Crippen LogP contribution in [0.25, 0.3) is 10.2 Å². The molecule has 0 aliphatic rings. The normalized spacial score (nSPS) is 10.7. The molecule has 1 N–H and O–H groups in total. The highest BCUT2D eigenvalue weighted by atomic mass is 32.1. The molecule has 2 aromatic heterocycles. The van der Waals surface area contributed by atoms with Gasteiger partial charge in [0.2, 0.25) is 0 Å². The Kier molecular flexibility index (Phi) is 2.94. The van der Waals surface area contributed by atoms with Gasteiger partial charge >= 0.3 is 0 Å². The van der Waals surface area contributed by atoms with Crippen molar-refractivity contribution in [3.8, 4) is 0 Å². The lowest BCUT2D eigenvalue weighted by Gasteiger charge is -2.00. The molecule has 1 aromatic carbocycles. The number of hydrogen-bond acceptors (Lipinski definition) is 4. The fraction of sp³-hybridized carbons (Fsp3) is 0.143. The van der Waals surface area contributed by atoms with Crippen LogP contribution in [-0.2, 0) is 6.54 Å². The van der Waals surface area contributed by atoms with Crippen LogP contribution in [0.15, 0.2) is 42.7 Å². The smallest absolute Gasteiger partial charge is 0.184 e. The molecule has 0 aliphatic heterocycles. The van der Waals surface area contributed by atoms with Gasteiger partial charge in [0, 0.05) is 18.9 Å². The van der Waals surface area contributed by atoms with Crippen molar-refractivity contribution in [2.75, 3.05) is 5.32 Å². The maximum absolute atomic E-state index is 4.61. The third-order valence-electron chi connectivity index (χ3n) is 2.79. The minimum atomic E-state index is 0.757. The summed E-state index contributed by atoms with van der Waals surface area (Å²) in [7, 11) is 0. The van der Waals surface area contributed by atoms with E-state index in [0.717, 1.165) is 22.8 Å². The molecule has 0 saturated heterocycles. The fourth-order valence-corrected chi connectivity index (χ4v) is 2.78. The van der Waals surface area contributed by atoms with Crippen LogP contribution in [0.2, 0.25) is 0 Å². The molecule has 90 valence electrons. The monoisotopic (exact) mass is 255 g/mol. The molecular formula is C14H13N3S. The van der Waals surface area contributed by atoms with Gasteiger partial charge in [0.15, 0.2) is 5.13 Å². The maximum atomic E-state index is 4.61. The van der Waals surface area contributed by atoms with Crippen molar-refractivity contribution < 1.29 is 0 Å². The third-order valence-corrected chi connectivity index (χ3v) is 3.77. The fourth-order valence-electron chi connectivity index (χ4n) is 1.84. The SMILES string of the molecule is Cc1cccc2sc(NCc3cccnc3)nc12. The predicted octanol–water partition coefficient (Wildman–Crippen LogP) is 3.61. The van der Waals surface area contributed by atoms with Crippen molar-refractivity contribution in [3.05, 3.63) is 53.9 Å². The van der Waals surface area contributed by atoms with Crippen LogP contribution in [0.1, 0.15) is 11.1 Å². The minimum Gasteiger partial charge on any atom is -0.357 e. The van der Waals surface area contributed by atoms with Crippen LogP contribution in [0.3, 0.4) is 0 Å². The molecular weight excluding hydrogens is 242 g/mol. The first-order chi connectivity index (χ1) is 8.83. The quantitative estimate of drug-likeness (QED) is 0.777. The van der Waals surface area contributed by atoms with Crippen molar-refractivity contribution in [2.45, 2.75) is 13.5 Å². The van der Waals surface area contributed by atoms with Gasteiger partial charge in [-0.1, -0.05) is 29.5 Å². The summed E-state index contributed by atoms with van der Waals surface area (Å²) >= 11 is 1.69. The third kappa shape index (κ3) is 2.19. The van der Waals surface area contributed by atoms with Crippen LogP contribution in [0, 0.1) is 6.92 Å². The van der Waals surface area contributed by atoms with Crippen molar-refractivity contribution in [1.82, 2.24) is 9.97 Å². The van der Waals surface area contributed by atoms with Gasteiger partial charge in [-0.05, 0) is 30.2 Å². The summed E-state index contributed by atoms with van der Waals surface area (Å²) in [4.78, 5) is 8.71. The number of fused-ring (bicyclic) bond motifs is 1. The number of nitrogens with one attached hydrogen (secondary N) is 1. The first kappa shape index (κ1) is 11.2. The first-order valence-corrected chi connectivity index (χ1v) is 6.63. The number of aryl methyl sites for hydroxylation is 1. The molecule has 3 aromatic rings. The second-order valence-electron chi connectivity index (χ2n) is 4.16. The topological polar surface area (TPSA) is 37.8 Å². The molecule has 0 unspecified atom stereocenters. The summed E-state index contributed by atoms with van der Waals surface area (Å²) < 4.78 is 1.23. The standard InChI is InChI=1S/C14H13N3S/c1-10-4-2-6-12-13(10)17-14(18-12)16-9-11-5-3-7-15-8-11/h2-8H,9H2,1H3,(H,16,17). The molecule has 3 nitrogen and oxygen atoms in total. The molecule has 3 rings (SSSR count). The van der Waals surface area contributed by atoms with E-state index in [1.54, 1.807) is 17.5 Å². The second-order valence-corrected chi connectivity index (χ2v) is 5.19. The molecule has 0 saturated carbocycles. The molecule has 0 spiro atoms. The van der Waals surface area contributed by atoms with Crippen molar-refractivity contribution >= 4 is 26.7 Å². The number of hydrogen-bond donors (Lipinski definition) is 1. The van der Waals surface area contributed by atoms with Gasteiger partial charge in [-0.15, -0.1) is 0 Å². The second kappa shape index (κ2) is 4.74. The zero-order valence-corrected chi connectivity index (χ0v) is 10.9. The van der Waals surface area contributed by atoms with Crippen LogP contribution >= 0.6 is 11.3 Å². The van der Waals surface area contributed by atoms with Crippen molar-refractivity contribution in [3.63, 3.8) is 0 Å². The van der Waals surface area contributed by atoms with E-state index in [0.29, 0.717) is 0 Å². The van der Waals surface area contributed by atoms with Gasteiger partial charge in [0.1, 0.15) is 0 Å². The van der Waals surface area contributed by atoms with E-state index in [1.165, 1.54) is 10.3 Å². The first-order valence-electron chi connectivity index (χ1n) is 5.82. The summed E-state index contributed by atoms with van der Waals surface area (Å²) in [6, 6.07) is 10.3. The van der Waals surface area contributed by atoms with Gasteiger partial charge in [-0.25, -0.2) is 4.98 Å². The number of nitrogens with zero attached hydrogens (tertiary/aromatic N) is 2. The number of anilines is 1.